The van der Waals surface area contributed by atoms with E-state index in [4.69, 9.17) is 0 Å². The molecule has 2 aliphatic rings. The molecule has 1 aliphatic heterocycles. The van der Waals surface area contributed by atoms with Crippen LogP contribution < -0.4 is 0 Å². The van der Waals surface area contributed by atoms with Crippen molar-refractivity contribution in [2.45, 2.75) is 19.9 Å². The van der Waals surface area contributed by atoms with Gasteiger partial charge in [-0.2, -0.15) is 0 Å². The second-order valence-corrected chi connectivity index (χ2v) is 5.46. The Morgan fingerprint density at radius 3 is 2.61 bits per heavy atom. The summed E-state index contributed by atoms with van der Waals surface area (Å²) >= 11 is 3.25. The zero-order valence-electron chi connectivity index (χ0n) is 10.0. The number of ketones is 2. The fourth-order valence-corrected chi connectivity index (χ4v) is 2.75. The van der Waals surface area contributed by atoms with Crippen molar-refractivity contribution in [3.05, 3.63) is 39.3 Å². The molecule has 1 aromatic heterocycles. The molecule has 1 aromatic rings. The Hall–Kier alpha value is -1.49. The number of hydrogen-bond donors (Lipinski definition) is 0. The number of halogens is 1. The van der Waals surface area contributed by atoms with Gasteiger partial charge in [0.1, 0.15) is 11.4 Å². The molecule has 0 amide bonds. The molecule has 1 fully saturated rings. The molecule has 18 heavy (non-hydrogen) atoms. The molecule has 4 nitrogen and oxygen atoms in total. The molecule has 0 spiro atoms. The Balaban J connectivity index is 2.16. The molecule has 1 atom stereocenters. The third kappa shape index (κ3) is 1.54. The van der Waals surface area contributed by atoms with E-state index in [1.54, 1.807) is 19.1 Å². The minimum Gasteiger partial charge on any atom is -0.361 e. The van der Waals surface area contributed by atoms with Gasteiger partial charge in [-0.3, -0.25) is 9.59 Å². The van der Waals surface area contributed by atoms with E-state index in [-0.39, 0.29) is 17.3 Å². The number of nitrogens with zero attached hydrogens (tertiary/aromatic N) is 2. The first-order valence-corrected chi connectivity index (χ1v) is 6.53. The molecular weight excluding hydrogens is 296 g/mol. The van der Waals surface area contributed by atoms with Crippen molar-refractivity contribution in [3.63, 3.8) is 0 Å². The number of rotatable bonds is 1. The average molecular weight is 307 g/mol. The van der Waals surface area contributed by atoms with Gasteiger partial charge in [-0.1, -0.05) is 0 Å². The van der Waals surface area contributed by atoms with Crippen LogP contribution >= 0.6 is 15.9 Å². The van der Waals surface area contributed by atoms with Crippen molar-refractivity contribution in [2.75, 3.05) is 6.54 Å². The summed E-state index contributed by atoms with van der Waals surface area (Å²) in [7, 11) is 0. The quantitative estimate of drug-likeness (QED) is 0.745. The highest BCUT2D eigenvalue weighted by atomic mass is 79.9. The molecule has 0 N–H and O–H groups in total. The van der Waals surface area contributed by atoms with Gasteiger partial charge < -0.3 is 4.90 Å². The number of pyridine rings is 1. The Labute approximate surface area is 113 Å². The number of fused-ring (bicyclic) bond motifs is 1. The standard InChI is InChI=1S/C13H11BrN2O2/c1-6-3-4-8-10(15-6)13(18)9(14)11(12(8)17)16-5-7(16)2/h3-4,7H,5H2,1-2H3. The van der Waals surface area contributed by atoms with Crippen LogP contribution in [0.25, 0.3) is 0 Å². The van der Waals surface area contributed by atoms with Crippen LogP contribution in [0.15, 0.2) is 22.3 Å². The summed E-state index contributed by atoms with van der Waals surface area (Å²) in [6, 6.07) is 3.77. The normalized spacial score (nSPS) is 22.4. The lowest BCUT2D eigenvalue weighted by molar-refractivity contribution is 0.0963. The number of aryl methyl sites for hydroxylation is 1. The number of hydrogen-bond acceptors (Lipinski definition) is 4. The Morgan fingerprint density at radius 2 is 2.00 bits per heavy atom. The highest BCUT2D eigenvalue weighted by Gasteiger charge is 2.42. The highest BCUT2D eigenvalue weighted by Crippen LogP contribution is 2.36. The molecule has 1 aliphatic carbocycles. The second kappa shape index (κ2) is 3.75. The summed E-state index contributed by atoms with van der Waals surface area (Å²) in [5.74, 6) is -0.323. The van der Waals surface area contributed by atoms with Gasteiger partial charge in [0, 0.05) is 18.3 Å². The smallest absolute Gasteiger partial charge is 0.221 e. The maximum absolute atomic E-state index is 12.4. The summed E-state index contributed by atoms with van der Waals surface area (Å²) in [5, 5.41) is 0. The summed E-state index contributed by atoms with van der Waals surface area (Å²) in [5.41, 5.74) is 1.87. The van der Waals surface area contributed by atoms with Crippen molar-refractivity contribution >= 4 is 27.5 Å². The van der Waals surface area contributed by atoms with Gasteiger partial charge in [0.05, 0.1) is 10.0 Å². The molecule has 0 aromatic carbocycles. The lowest BCUT2D eigenvalue weighted by Gasteiger charge is -2.18. The van der Waals surface area contributed by atoms with E-state index in [0.717, 1.165) is 12.2 Å². The van der Waals surface area contributed by atoms with Crippen LogP contribution in [0, 0.1) is 6.92 Å². The van der Waals surface area contributed by atoms with Gasteiger partial charge in [0.2, 0.25) is 11.6 Å². The van der Waals surface area contributed by atoms with Gasteiger partial charge in [0.15, 0.2) is 0 Å². The van der Waals surface area contributed by atoms with E-state index in [1.165, 1.54) is 0 Å². The Bertz CT molecular complexity index is 621. The van der Waals surface area contributed by atoms with E-state index in [2.05, 4.69) is 20.9 Å². The van der Waals surface area contributed by atoms with Crippen LogP contribution in [-0.2, 0) is 0 Å². The van der Waals surface area contributed by atoms with Gasteiger partial charge in [-0.25, -0.2) is 4.98 Å². The van der Waals surface area contributed by atoms with E-state index >= 15 is 0 Å². The molecule has 3 rings (SSSR count). The molecule has 1 unspecified atom stereocenters. The van der Waals surface area contributed by atoms with Crippen molar-refractivity contribution in [1.29, 1.82) is 0 Å². The fraction of sp³-hybridized carbons (Fsp3) is 0.308. The highest BCUT2D eigenvalue weighted by molar-refractivity contribution is 9.12. The van der Waals surface area contributed by atoms with Crippen LogP contribution in [0.4, 0.5) is 0 Å². The van der Waals surface area contributed by atoms with E-state index in [0.29, 0.717) is 21.8 Å². The first kappa shape index (κ1) is 11.6. The third-order valence-corrected chi connectivity index (χ3v) is 4.00. The lowest BCUT2D eigenvalue weighted by atomic mass is 9.96. The molecular formula is C13H11BrN2O2. The SMILES string of the molecule is Cc1ccc2c(n1)C(=O)C(Br)=C(N1CC1C)C2=O. The van der Waals surface area contributed by atoms with Crippen LogP contribution in [0.1, 0.15) is 33.5 Å². The van der Waals surface area contributed by atoms with Crippen molar-refractivity contribution in [2.24, 2.45) is 0 Å². The largest absolute Gasteiger partial charge is 0.361 e. The van der Waals surface area contributed by atoms with E-state index in [9.17, 15) is 9.59 Å². The number of carbonyl (C=O) groups is 2. The monoisotopic (exact) mass is 306 g/mol. The number of carbonyl (C=O) groups excluding carboxylic acids is 2. The first-order chi connectivity index (χ1) is 8.50. The Morgan fingerprint density at radius 1 is 1.33 bits per heavy atom. The topological polar surface area (TPSA) is 50.0 Å². The second-order valence-electron chi connectivity index (χ2n) is 4.67. The predicted molar refractivity (Wildman–Crippen MR) is 69.8 cm³/mol. The summed E-state index contributed by atoms with van der Waals surface area (Å²) in [6.07, 6.45) is 0. The average Bonchev–Trinajstić information content (AvgIpc) is 3.03. The molecule has 2 heterocycles. The van der Waals surface area contributed by atoms with Gasteiger partial charge in [-0.05, 0) is 41.9 Å². The van der Waals surface area contributed by atoms with Gasteiger partial charge >= 0.3 is 0 Å². The van der Waals surface area contributed by atoms with E-state index in [1.807, 2.05) is 11.8 Å². The summed E-state index contributed by atoms with van der Waals surface area (Å²) < 4.78 is 0.336. The minimum absolute atomic E-state index is 0.117. The molecule has 0 saturated carbocycles. The maximum Gasteiger partial charge on any atom is 0.221 e. The predicted octanol–water partition coefficient (Wildman–Crippen LogP) is 2.08. The summed E-state index contributed by atoms with van der Waals surface area (Å²) in [4.78, 5) is 30.7. The van der Waals surface area contributed by atoms with Gasteiger partial charge in [0.25, 0.3) is 0 Å². The van der Waals surface area contributed by atoms with Gasteiger partial charge in [-0.15, -0.1) is 0 Å². The fourth-order valence-electron chi connectivity index (χ4n) is 2.16. The van der Waals surface area contributed by atoms with E-state index < -0.39 is 0 Å². The molecule has 0 radical (unpaired) electrons. The number of allylic oxidation sites excluding steroid dienone is 2. The first-order valence-electron chi connectivity index (χ1n) is 5.74. The van der Waals surface area contributed by atoms with Crippen molar-refractivity contribution in [3.8, 4) is 0 Å². The Kier molecular flexibility index (Phi) is 2.41. The van der Waals surface area contributed by atoms with Crippen LogP contribution in [0.5, 0.6) is 0 Å². The molecule has 1 saturated heterocycles. The summed E-state index contributed by atoms with van der Waals surface area (Å²) in [6.45, 7) is 4.64. The zero-order chi connectivity index (χ0) is 13.0. The van der Waals surface area contributed by atoms with Crippen LogP contribution in [-0.4, -0.2) is 34.0 Å². The molecule has 92 valence electrons. The van der Waals surface area contributed by atoms with Crippen molar-refractivity contribution < 1.29 is 9.59 Å². The lowest BCUT2D eigenvalue weighted by Crippen LogP contribution is -2.25. The molecule has 5 heteroatoms. The van der Waals surface area contributed by atoms with Crippen LogP contribution in [0.2, 0.25) is 0 Å². The van der Waals surface area contributed by atoms with Crippen molar-refractivity contribution in [1.82, 2.24) is 9.88 Å². The minimum atomic E-state index is -0.206. The molecule has 0 bridgehead atoms. The number of Topliss-reactive ketones (excluding diaryl/α,β-unsaturated/α-hetero) is 2. The maximum atomic E-state index is 12.4. The zero-order valence-corrected chi connectivity index (χ0v) is 11.6. The van der Waals surface area contributed by atoms with Crippen LogP contribution in [0.3, 0.4) is 0 Å². The third-order valence-electron chi connectivity index (χ3n) is 3.26. The number of aromatic nitrogens is 1.